The summed E-state index contributed by atoms with van der Waals surface area (Å²) in [6.45, 7) is 9.41. The van der Waals surface area contributed by atoms with Crippen molar-refractivity contribution >= 4 is 32.7 Å². The molecule has 2 saturated carbocycles. The fraction of sp³-hybridized carbons (Fsp3) is 0.700. The Morgan fingerprint density at radius 1 is 1.18 bits per heavy atom. The molecule has 1 unspecified atom stereocenters. The van der Waals surface area contributed by atoms with E-state index in [1.165, 1.54) is 0 Å². The fourth-order valence-corrected chi connectivity index (χ4v) is 9.08. The Morgan fingerprint density at radius 3 is 2.50 bits per heavy atom. The van der Waals surface area contributed by atoms with E-state index in [9.17, 15) is 12.8 Å². The number of pyridine rings is 1. The van der Waals surface area contributed by atoms with Crippen LogP contribution in [0.5, 0.6) is 0 Å². The maximum absolute atomic E-state index is 13.8. The molecule has 3 aromatic heterocycles. The molecule has 4 aliphatic rings. The zero-order valence-electron chi connectivity index (χ0n) is 25.9. The van der Waals surface area contributed by atoms with E-state index < -0.39 is 27.8 Å². The van der Waals surface area contributed by atoms with Crippen LogP contribution in [0.3, 0.4) is 0 Å². The van der Waals surface area contributed by atoms with E-state index >= 15 is 0 Å². The SMILES string of the molecule is COC1(c2nc3c(N4CCC5(CC4)CO[C@@H](C)C5OC(C)C)cc(S(=O)(=O)NC4(C)CC4)cn3c2-c2nnc(CF)s2)CC1. The summed E-state index contributed by atoms with van der Waals surface area (Å²) in [5.74, 6) is 0. The van der Waals surface area contributed by atoms with Crippen molar-refractivity contribution in [1.29, 1.82) is 0 Å². The van der Waals surface area contributed by atoms with Crippen molar-refractivity contribution in [2.24, 2.45) is 5.41 Å². The Morgan fingerprint density at radius 2 is 1.91 bits per heavy atom. The average molecular weight is 649 g/mol. The lowest BCUT2D eigenvalue weighted by Crippen LogP contribution is -2.48. The third-order valence-electron chi connectivity index (χ3n) is 9.86. The molecule has 240 valence electrons. The van der Waals surface area contributed by atoms with Crippen molar-refractivity contribution in [2.45, 2.75) is 107 Å². The minimum Gasteiger partial charge on any atom is -0.375 e. The molecule has 7 rings (SSSR count). The van der Waals surface area contributed by atoms with Crippen molar-refractivity contribution in [3.63, 3.8) is 0 Å². The minimum absolute atomic E-state index is 0.00280. The number of anilines is 1. The van der Waals surface area contributed by atoms with Gasteiger partial charge in [-0.15, -0.1) is 10.2 Å². The third-order valence-corrected chi connectivity index (χ3v) is 12.4. The number of halogens is 1. The lowest BCUT2D eigenvalue weighted by molar-refractivity contribution is -0.0718. The molecule has 1 N–H and O–H groups in total. The molecule has 0 aromatic carbocycles. The number of rotatable bonds is 10. The third kappa shape index (κ3) is 5.15. The van der Waals surface area contributed by atoms with Gasteiger partial charge in [0, 0.05) is 37.4 Å². The normalized spacial score (nSPS) is 25.4. The molecular weight excluding hydrogens is 607 g/mol. The van der Waals surface area contributed by atoms with Crippen LogP contribution in [0.1, 0.15) is 76.9 Å². The monoisotopic (exact) mass is 648 g/mol. The molecule has 14 heteroatoms. The van der Waals surface area contributed by atoms with Crippen LogP contribution in [-0.4, -0.2) is 78.7 Å². The van der Waals surface area contributed by atoms with Gasteiger partial charge in [-0.1, -0.05) is 11.3 Å². The Labute approximate surface area is 261 Å². The van der Waals surface area contributed by atoms with Crippen molar-refractivity contribution in [3.05, 3.63) is 23.0 Å². The number of hydrogen-bond acceptors (Lipinski definition) is 10. The van der Waals surface area contributed by atoms with Gasteiger partial charge in [-0.3, -0.25) is 4.40 Å². The molecule has 44 heavy (non-hydrogen) atoms. The Kier molecular flexibility index (Phi) is 7.37. The van der Waals surface area contributed by atoms with Gasteiger partial charge in [0.05, 0.1) is 30.6 Å². The van der Waals surface area contributed by atoms with E-state index in [2.05, 4.69) is 40.6 Å². The number of nitrogens with zero attached hydrogens (tertiary/aromatic N) is 5. The number of methoxy groups -OCH3 is 1. The number of imidazole rings is 1. The molecule has 3 aromatic rings. The highest BCUT2D eigenvalue weighted by atomic mass is 32.2. The van der Waals surface area contributed by atoms with E-state index in [0.29, 0.717) is 41.7 Å². The Bertz CT molecular complexity index is 1670. The standard InChI is InChI=1S/C30H41FN6O5S2/c1-18(2)42-25-19(3)41-17-29(25)10-12-36(13-11-29)21-14-20(44(38,39)35-28(4)6-7-28)16-37-23(27-34-33-22(15-31)43-27)24(32-26(21)37)30(40-5)8-9-30/h14,16,18-19,25,35H,6-13,15,17H2,1-5H3/t19-,25?/m0/s1. The van der Waals surface area contributed by atoms with Gasteiger partial charge < -0.3 is 19.1 Å². The van der Waals surface area contributed by atoms with Gasteiger partial charge in [0.1, 0.15) is 33.6 Å². The number of alkyl halides is 1. The zero-order valence-corrected chi connectivity index (χ0v) is 27.6. The van der Waals surface area contributed by atoms with Crippen LogP contribution in [0.25, 0.3) is 16.3 Å². The van der Waals surface area contributed by atoms with Crippen LogP contribution in [0.4, 0.5) is 10.1 Å². The summed E-state index contributed by atoms with van der Waals surface area (Å²) in [6, 6.07) is 1.75. The average Bonchev–Trinajstić information content (AvgIpc) is 3.79. The summed E-state index contributed by atoms with van der Waals surface area (Å²) in [4.78, 5) is 7.52. The topological polar surface area (TPSA) is 120 Å². The summed E-state index contributed by atoms with van der Waals surface area (Å²) in [6.07, 6.45) is 6.55. The number of fused-ring (bicyclic) bond motifs is 1. The predicted molar refractivity (Wildman–Crippen MR) is 164 cm³/mol. The first kappa shape index (κ1) is 30.4. The first-order valence-corrected chi connectivity index (χ1v) is 17.8. The molecule has 2 aliphatic heterocycles. The van der Waals surface area contributed by atoms with Crippen molar-refractivity contribution < 1.29 is 27.0 Å². The van der Waals surface area contributed by atoms with E-state index in [4.69, 9.17) is 19.2 Å². The molecule has 4 fully saturated rings. The molecule has 0 bridgehead atoms. The van der Waals surface area contributed by atoms with Gasteiger partial charge in [0.25, 0.3) is 0 Å². The van der Waals surface area contributed by atoms with Gasteiger partial charge in [-0.25, -0.2) is 22.5 Å². The van der Waals surface area contributed by atoms with Crippen LogP contribution >= 0.6 is 11.3 Å². The second-order valence-electron chi connectivity index (χ2n) is 13.5. The van der Waals surface area contributed by atoms with Crippen LogP contribution < -0.4 is 9.62 Å². The zero-order chi connectivity index (χ0) is 31.1. The van der Waals surface area contributed by atoms with Gasteiger partial charge in [0.2, 0.25) is 10.0 Å². The maximum atomic E-state index is 13.8. The van der Waals surface area contributed by atoms with Crippen LogP contribution in [0.15, 0.2) is 17.2 Å². The summed E-state index contributed by atoms with van der Waals surface area (Å²) in [7, 11) is -2.20. The van der Waals surface area contributed by atoms with Gasteiger partial charge in [-0.05, 0) is 72.3 Å². The first-order valence-electron chi connectivity index (χ1n) is 15.5. The number of nitrogens with one attached hydrogen (secondary N) is 1. The van der Waals surface area contributed by atoms with E-state index in [1.807, 2.05) is 11.3 Å². The summed E-state index contributed by atoms with van der Waals surface area (Å²) in [5.41, 5.74) is 1.48. The molecule has 0 amide bonds. The van der Waals surface area contributed by atoms with Gasteiger partial charge in [0.15, 0.2) is 10.7 Å². The predicted octanol–water partition coefficient (Wildman–Crippen LogP) is 4.59. The molecule has 0 radical (unpaired) electrons. The van der Waals surface area contributed by atoms with Crippen molar-refractivity contribution in [3.8, 4) is 10.7 Å². The Balaban J connectivity index is 1.35. The fourth-order valence-electron chi connectivity index (χ4n) is 6.87. The minimum atomic E-state index is -3.86. The number of ether oxygens (including phenoxy) is 3. The summed E-state index contributed by atoms with van der Waals surface area (Å²) >= 11 is 1.15. The highest BCUT2D eigenvalue weighted by Crippen LogP contribution is 2.53. The molecule has 2 atom stereocenters. The number of piperidine rings is 1. The van der Waals surface area contributed by atoms with Crippen LogP contribution in [0.2, 0.25) is 0 Å². The molecular formula is C30H41FN6O5S2. The van der Waals surface area contributed by atoms with E-state index in [1.54, 1.807) is 19.4 Å². The largest absolute Gasteiger partial charge is 0.375 e. The first-order chi connectivity index (χ1) is 20.9. The number of aromatic nitrogens is 4. The second-order valence-corrected chi connectivity index (χ2v) is 16.3. The molecule has 2 saturated heterocycles. The quantitative estimate of drug-likeness (QED) is 0.337. The van der Waals surface area contributed by atoms with Crippen LogP contribution in [-0.2, 0) is 36.5 Å². The van der Waals surface area contributed by atoms with Crippen molar-refractivity contribution in [2.75, 3.05) is 31.7 Å². The van der Waals surface area contributed by atoms with E-state index in [-0.39, 0.29) is 33.6 Å². The number of hydrogen-bond donors (Lipinski definition) is 1. The highest BCUT2D eigenvalue weighted by Gasteiger charge is 2.52. The van der Waals surface area contributed by atoms with Gasteiger partial charge in [-0.2, -0.15) is 0 Å². The van der Waals surface area contributed by atoms with Crippen molar-refractivity contribution in [1.82, 2.24) is 24.3 Å². The maximum Gasteiger partial charge on any atom is 0.242 e. The molecule has 5 heterocycles. The highest BCUT2D eigenvalue weighted by molar-refractivity contribution is 7.89. The molecule has 1 spiro atoms. The smallest absolute Gasteiger partial charge is 0.242 e. The van der Waals surface area contributed by atoms with E-state index in [0.717, 1.165) is 55.5 Å². The lowest BCUT2D eigenvalue weighted by atomic mass is 9.74. The number of sulfonamides is 1. The Hall–Kier alpha value is -2.23. The second kappa shape index (κ2) is 10.7. The molecule has 2 aliphatic carbocycles. The summed E-state index contributed by atoms with van der Waals surface area (Å²) < 4.78 is 64.4. The molecule has 11 nitrogen and oxygen atoms in total. The summed E-state index contributed by atoms with van der Waals surface area (Å²) in [5, 5.41) is 9.07. The van der Waals surface area contributed by atoms with Crippen LogP contribution in [0, 0.1) is 5.41 Å². The lowest BCUT2D eigenvalue weighted by Gasteiger charge is -2.43. The van der Waals surface area contributed by atoms with Gasteiger partial charge >= 0.3 is 0 Å².